The zero-order valence-corrected chi connectivity index (χ0v) is 13.6. The molecule has 0 radical (unpaired) electrons. The van der Waals surface area contributed by atoms with Gasteiger partial charge in [0.15, 0.2) is 0 Å². The second-order valence-electron chi connectivity index (χ2n) is 6.30. The predicted molar refractivity (Wildman–Crippen MR) is 84.1 cm³/mol. The molecule has 2 saturated heterocycles. The van der Waals surface area contributed by atoms with Gasteiger partial charge in [0.25, 0.3) is 0 Å². The molecule has 2 unspecified atom stereocenters. The molecule has 6 heteroatoms. The molecule has 1 aromatic carbocycles. The lowest BCUT2D eigenvalue weighted by Crippen LogP contribution is -2.41. The van der Waals surface area contributed by atoms with E-state index in [4.69, 9.17) is 0 Å². The number of alkyl halides is 2. The number of carbonyl (C=O) groups is 1. The van der Waals surface area contributed by atoms with E-state index >= 15 is 0 Å². The van der Waals surface area contributed by atoms with Gasteiger partial charge in [0.1, 0.15) is 11.5 Å². The van der Waals surface area contributed by atoms with Gasteiger partial charge in [0, 0.05) is 39.2 Å². The summed E-state index contributed by atoms with van der Waals surface area (Å²) < 4.78 is 41.6. The van der Waals surface area contributed by atoms with Crippen molar-refractivity contribution in [3.63, 3.8) is 0 Å². The van der Waals surface area contributed by atoms with Crippen LogP contribution in [0.5, 0.6) is 5.75 Å². The number of hydrogen-bond acceptors (Lipinski definition) is 3. The second kappa shape index (κ2) is 7.07. The van der Waals surface area contributed by atoms with Crippen molar-refractivity contribution in [1.29, 1.82) is 0 Å². The summed E-state index contributed by atoms with van der Waals surface area (Å²) in [5.74, 6) is 0.00181. The first-order valence-corrected chi connectivity index (χ1v) is 9.27. The van der Waals surface area contributed by atoms with Gasteiger partial charge in [-0.3, -0.25) is 9.00 Å². The summed E-state index contributed by atoms with van der Waals surface area (Å²) >= 11 is 0. The molecule has 0 spiro atoms. The summed E-state index contributed by atoms with van der Waals surface area (Å²) in [6, 6.07) is 6.43. The molecule has 2 aliphatic heterocycles. The van der Waals surface area contributed by atoms with Gasteiger partial charge in [-0.15, -0.1) is 0 Å². The highest BCUT2D eigenvalue weighted by atomic mass is 32.2. The molecular formula is C17H20F2O3S. The Morgan fingerprint density at radius 1 is 1.22 bits per heavy atom. The van der Waals surface area contributed by atoms with E-state index in [0.29, 0.717) is 18.4 Å². The molecule has 0 aliphatic carbocycles. The third kappa shape index (κ3) is 3.79. The molecule has 3 rings (SSSR count). The van der Waals surface area contributed by atoms with Crippen LogP contribution in [0.25, 0.3) is 0 Å². The molecule has 0 amide bonds. The van der Waals surface area contributed by atoms with Crippen LogP contribution in [0, 0.1) is 5.92 Å². The van der Waals surface area contributed by atoms with E-state index in [0.717, 1.165) is 19.3 Å². The van der Waals surface area contributed by atoms with E-state index in [1.165, 1.54) is 6.07 Å². The van der Waals surface area contributed by atoms with E-state index in [9.17, 15) is 17.8 Å². The Hall–Kier alpha value is -1.30. The van der Waals surface area contributed by atoms with Crippen molar-refractivity contribution < 1.29 is 22.5 Å². The number of rotatable bonds is 5. The summed E-state index contributed by atoms with van der Waals surface area (Å²) in [7, 11) is -0.808. The Labute approximate surface area is 136 Å². The topological polar surface area (TPSA) is 43.4 Å². The van der Waals surface area contributed by atoms with Crippen molar-refractivity contribution in [1.82, 2.24) is 0 Å². The van der Waals surface area contributed by atoms with Gasteiger partial charge in [-0.25, -0.2) is 0 Å². The Kier molecular flexibility index (Phi) is 5.09. The SMILES string of the molecule is O=C(Cc1ccccc1OC(F)F)C1CC2CCCC(C1)S2=O. The third-order valence-electron chi connectivity index (χ3n) is 4.81. The van der Waals surface area contributed by atoms with Crippen LogP contribution in [0.2, 0.25) is 0 Å². The number of fused-ring (bicyclic) bond motifs is 2. The molecule has 1 aromatic rings. The molecule has 2 fully saturated rings. The minimum absolute atomic E-state index is 0.0453. The highest BCUT2D eigenvalue weighted by Crippen LogP contribution is 2.38. The van der Waals surface area contributed by atoms with Gasteiger partial charge in [-0.2, -0.15) is 8.78 Å². The lowest BCUT2D eigenvalue weighted by atomic mass is 9.84. The quantitative estimate of drug-likeness (QED) is 0.823. The molecule has 0 saturated carbocycles. The van der Waals surface area contributed by atoms with Crippen LogP contribution in [0.4, 0.5) is 8.78 Å². The summed E-state index contributed by atoms with van der Waals surface area (Å²) in [5.41, 5.74) is 0.495. The second-order valence-corrected chi connectivity index (χ2v) is 8.29. The van der Waals surface area contributed by atoms with E-state index < -0.39 is 17.4 Å². The highest BCUT2D eigenvalue weighted by molar-refractivity contribution is 7.86. The first-order chi connectivity index (χ1) is 11.0. The van der Waals surface area contributed by atoms with E-state index in [1.807, 2.05) is 0 Å². The van der Waals surface area contributed by atoms with Crippen molar-refractivity contribution in [3.8, 4) is 5.75 Å². The molecule has 126 valence electrons. The maximum Gasteiger partial charge on any atom is 0.387 e. The minimum Gasteiger partial charge on any atom is -0.435 e. The molecule has 3 nitrogen and oxygen atoms in total. The van der Waals surface area contributed by atoms with Crippen LogP contribution in [0.1, 0.15) is 37.7 Å². The Bertz CT molecular complexity index is 589. The fourth-order valence-electron chi connectivity index (χ4n) is 3.69. The maximum absolute atomic E-state index is 12.6. The van der Waals surface area contributed by atoms with Crippen molar-refractivity contribution >= 4 is 16.6 Å². The van der Waals surface area contributed by atoms with Gasteiger partial charge in [-0.05, 0) is 31.7 Å². The standard InChI is InChI=1S/C17H20F2O3S/c18-17(19)22-16-7-2-1-4-11(16)10-15(20)12-8-13-5-3-6-14(9-12)23(13)21/h1-2,4,7,12-14,17H,3,5-6,8-10H2. The first-order valence-electron chi connectivity index (χ1n) is 7.99. The minimum atomic E-state index is -2.90. The van der Waals surface area contributed by atoms with Crippen molar-refractivity contribution in [2.24, 2.45) is 5.92 Å². The van der Waals surface area contributed by atoms with Gasteiger partial charge < -0.3 is 4.74 Å². The third-order valence-corrected chi connectivity index (χ3v) is 6.98. The largest absolute Gasteiger partial charge is 0.435 e. The van der Waals surface area contributed by atoms with E-state index in [-0.39, 0.29) is 34.4 Å². The monoisotopic (exact) mass is 342 g/mol. The molecule has 2 aliphatic rings. The average Bonchev–Trinajstić information content (AvgIpc) is 2.48. The van der Waals surface area contributed by atoms with Crippen LogP contribution in [0.15, 0.2) is 24.3 Å². The molecule has 2 bridgehead atoms. The van der Waals surface area contributed by atoms with Crippen molar-refractivity contribution in [3.05, 3.63) is 29.8 Å². The van der Waals surface area contributed by atoms with Crippen molar-refractivity contribution in [2.45, 2.75) is 55.6 Å². The predicted octanol–water partition coefficient (Wildman–Crippen LogP) is 3.48. The first kappa shape index (κ1) is 16.6. The van der Waals surface area contributed by atoms with Crippen LogP contribution >= 0.6 is 0 Å². The van der Waals surface area contributed by atoms with Gasteiger partial charge in [0.2, 0.25) is 0 Å². The number of ether oxygens (including phenoxy) is 1. The zero-order chi connectivity index (χ0) is 16.4. The summed E-state index contributed by atoms with van der Waals surface area (Å²) in [6.07, 6.45) is 4.38. The number of Topliss-reactive ketones (excluding diaryl/α,β-unsaturated/α-hetero) is 1. The maximum atomic E-state index is 12.6. The van der Waals surface area contributed by atoms with Gasteiger partial charge in [-0.1, -0.05) is 24.6 Å². The number of hydrogen-bond donors (Lipinski definition) is 0. The van der Waals surface area contributed by atoms with Crippen molar-refractivity contribution in [2.75, 3.05) is 0 Å². The molecule has 0 aromatic heterocycles. The summed E-state index contributed by atoms with van der Waals surface area (Å²) in [4.78, 5) is 12.6. The molecular weight excluding hydrogens is 322 g/mol. The summed E-state index contributed by atoms with van der Waals surface area (Å²) in [6.45, 7) is -2.90. The number of halogens is 2. The molecule has 23 heavy (non-hydrogen) atoms. The molecule has 0 N–H and O–H groups in total. The number of para-hydroxylation sites is 1. The summed E-state index contributed by atoms with van der Waals surface area (Å²) in [5, 5.41) is 0.257. The highest BCUT2D eigenvalue weighted by Gasteiger charge is 2.40. The molecule has 2 heterocycles. The number of benzene rings is 1. The van der Waals surface area contributed by atoms with Gasteiger partial charge in [0.05, 0.1) is 0 Å². The van der Waals surface area contributed by atoms with E-state index in [1.54, 1.807) is 18.2 Å². The number of carbonyl (C=O) groups excluding carboxylic acids is 1. The smallest absolute Gasteiger partial charge is 0.387 e. The van der Waals surface area contributed by atoms with Crippen LogP contribution in [0.3, 0.4) is 0 Å². The lowest BCUT2D eigenvalue weighted by molar-refractivity contribution is -0.123. The Morgan fingerprint density at radius 3 is 2.52 bits per heavy atom. The normalized spacial score (nSPS) is 30.2. The fraction of sp³-hybridized carbons (Fsp3) is 0.588. The van der Waals surface area contributed by atoms with Crippen LogP contribution in [-0.2, 0) is 22.0 Å². The van der Waals surface area contributed by atoms with Crippen LogP contribution in [-0.4, -0.2) is 27.1 Å². The lowest BCUT2D eigenvalue weighted by Gasteiger charge is -2.37. The number of ketones is 1. The Morgan fingerprint density at radius 2 is 1.87 bits per heavy atom. The fourth-order valence-corrected chi connectivity index (χ4v) is 5.88. The van der Waals surface area contributed by atoms with Gasteiger partial charge >= 0.3 is 6.61 Å². The average molecular weight is 342 g/mol. The zero-order valence-electron chi connectivity index (χ0n) is 12.8. The molecule has 2 atom stereocenters. The van der Waals surface area contributed by atoms with E-state index in [2.05, 4.69) is 4.74 Å². The Balaban J connectivity index is 1.69. The van der Waals surface area contributed by atoms with Crippen LogP contribution < -0.4 is 4.74 Å².